The Hall–Kier alpha value is -4.49. The summed E-state index contributed by atoms with van der Waals surface area (Å²) in [7, 11) is 1.65. The molecular formula is C27H22N4O3. The Bertz CT molecular complexity index is 1700. The molecule has 0 unspecified atom stereocenters. The number of fused-ring (bicyclic) bond motifs is 4. The van der Waals surface area contributed by atoms with Crippen LogP contribution in [0.3, 0.4) is 0 Å². The first-order valence-corrected chi connectivity index (χ1v) is 10.8. The van der Waals surface area contributed by atoms with Crippen LogP contribution in [-0.4, -0.2) is 27.4 Å². The zero-order valence-electron chi connectivity index (χ0n) is 18.5. The maximum Gasteiger partial charge on any atom is 0.344 e. The minimum atomic E-state index is -0.110. The number of rotatable bonds is 4. The van der Waals surface area contributed by atoms with E-state index in [2.05, 4.69) is 16.1 Å². The molecule has 0 atom stereocenters. The minimum absolute atomic E-state index is 0. The molecule has 0 bridgehead atoms. The fraction of sp³-hybridized carbons (Fsp3) is 0.0741. The van der Waals surface area contributed by atoms with Crippen molar-refractivity contribution in [2.75, 3.05) is 7.11 Å². The van der Waals surface area contributed by atoms with Gasteiger partial charge in [0, 0.05) is 21.7 Å². The number of H-pyrrole nitrogens is 1. The molecule has 0 spiro atoms. The molecule has 2 N–H and O–H groups in total. The van der Waals surface area contributed by atoms with Crippen LogP contribution in [0.15, 0.2) is 96.1 Å². The Morgan fingerprint density at radius 1 is 0.971 bits per heavy atom. The number of aromatic nitrogens is 4. The van der Waals surface area contributed by atoms with E-state index in [-0.39, 0.29) is 11.0 Å². The van der Waals surface area contributed by atoms with Gasteiger partial charge in [0.05, 0.1) is 24.5 Å². The standard InChI is InChI=1S/C27H20N4O2.H2O/c1-33-22-12-10-18(11-13-22)16-30-17-20-7-2-4-8-23(20)25-26(30)27(32)31(29-25)21-14-19-6-3-5-9-24(19)28-15-21;/h2-15,17H,16H2,1H3;1H2. The van der Waals surface area contributed by atoms with Gasteiger partial charge in [-0.3, -0.25) is 14.9 Å². The predicted molar refractivity (Wildman–Crippen MR) is 131 cm³/mol. The average Bonchev–Trinajstić information content (AvgIpc) is 3.22. The molecule has 0 saturated carbocycles. The number of para-hydroxylation sites is 1. The number of nitrogens with one attached hydrogen (secondary N) is 1. The highest BCUT2D eigenvalue weighted by molar-refractivity contribution is 6.01. The summed E-state index contributed by atoms with van der Waals surface area (Å²) < 4.78 is 8.88. The number of nitrogens with zero attached hydrogens (tertiary/aromatic N) is 3. The zero-order valence-corrected chi connectivity index (χ0v) is 18.5. The molecule has 0 fully saturated rings. The molecule has 6 aromatic rings. The monoisotopic (exact) mass is 450 g/mol. The van der Waals surface area contributed by atoms with Crippen molar-refractivity contribution in [1.82, 2.24) is 14.8 Å². The number of benzene rings is 3. The lowest BCUT2D eigenvalue weighted by Crippen LogP contribution is -2.38. The molecule has 0 aliphatic heterocycles. The van der Waals surface area contributed by atoms with Gasteiger partial charge >= 0.3 is 5.56 Å². The highest BCUT2D eigenvalue weighted by Crippen LogP contribution is 2.22. The molecule has 0 amide bonds. The van der Waals surface area contributed by atoms with E-state index in [9.17, 15) is 4.79 Å². The second kappa shape index (κ2) is 8.46. The molecule has 7 nitrogen and oxygen atoms in total. The number of aromatic amines is 1. The average molecular weight is 450 g/mol. The van der Waals surface area contributed by atoms with Crippen LogP contribution in [0, 0.1) is 0 Å². The van der Waals surface area contributed by atoms with E-state index in [1.165, 1.54) is 0 Å². The van der Waals surface area contributed by atoms with Gasteiger partial charge in [0.25, 0.3) is 5.52 Å². The topological polar surface area (TPSA) is 93.8 Å². The number of hydrogen-bond donors (Lipinski definition) is 1. The first-order chi connectivity index (χ1) is 16.2. The van der Waals surface area contributed by atoms with Gasteiger partial charge in [-0.1, -0.05) is 36.4 Å². The van der Waals surface area contributed by atoms with Gasteiger partial charge in [0.15, 0.2) is 12.7 Å². The number of hydrogen-bond acceptors (Lipinski definition) is 4. The predicted octanol–water partition coefficient (Wildman–Crippen LogP) is 4.19. The van der Waals surface area contributed by atoms with Crippen LogP contribution in [0.4, 0.5) is 0 Å². The van der Waals surface area contributed by atoms with E-state index in [1.54, 1.807) is 18.0 Å². The van der Waals surface area contributed by atoms with Crippen molar-refractivity contribution < 1.29 is 14.8 Å². The van der Waals surface area contributed by atoms with Crippen LogP contribution < -0.4 is 14.9 Å². The summed E-state index contributed by atoms with van der Waals surface area (Å²) in [6.45, 7) is 0.564. The van der Waals surface area contributed by atoms with Crippen molar-refractivity contribution in [1.29, 1.82) is 0 Å². The minimum Gasteiger partial charge on any atom is -0.870 e. The van der Waals surface area contributed by atoms with Crippen molar-refractivity contribution in [3.05, 3.63) is 107 Å². The smallest absolute Gasteiger partial charge is 0.344 e. The Labute approximate surface area is 194 Å². The third kappa shape index (κ3) is 3.48. The maximum absolute atomic E-state index is 13.7. The largest absolute Gasteiger partial charge is 0.870 e. The summed E-state index contributed by atoms with van der Waals surface area (Å²) in [6.07, 6.45) is 3.77. The summed E-state index contributed by atoms with van der Waals surface area (Å²) in [4.78, 5) is 18.2. The molecular weight excluding hydrogens is 428 g/mol. The van der Waals surface area contributed by atoms with Crippen LogP contribution in [0.2, 0.25) is 0 Å². The van der Waals surface area contributed by atoms with E-state index in [0.29, 0.717) is 17.7 Å². The van der Waals surface area contributed by atoms with Gasteiger partial charge in [-0.2, -0.15) is 4.57 Å². The van der Waals surface area contributed by atoms with E-state index in [1.807, 2.05) is 83.6 Å². The molecule has 7 heteroatoms. The fourth-order valence-electron chi connectivity index (χ4n) is 4.37. The summed E-state index contributed by atoms with van der Waals surface area (Å²) in [5.41, 5.74) is 4.00. The van der Waals surface area contributed by atoms with Crippen LogP contribution in [-0.2, 0) is 6.54 Å². The second-order valence-corrected chi connectivity index (χ2v) is 8.05. The zero-order chi connectivity index (χ0) is 22.4. The number of pyridine rings is 2. The first-order valence-electron chi connectivity index (χ1n) is 10.8. The van der Waals surface area contributed by atoms with Gasteiger partial charge in [-0.25, -0.2) is 4.68 Å². The summed E-state index contributed by atoms with van der Waals surface area (Å²) >= 11 is 0. The lowest BCUT2D eigenvalue weighted by atomic mass is 10.1. The Morgan fingerprint density at radius 2 is 1.71 bits per heavy atom. The molecule has 6 rings (SSSR count). The fourth-order valence-corrected chi connectivity index (χ4v) is 4.37. The van der Waals surface area contributed by atoms with Crippen LogP contribution in [0.5, 0.6) is 5.75 Å². The van der Waals surface area contributed by atoms with Gasteiger partial charge in [0.2, 0.25) is 0 Å². The van der Waals surface area contributed by atoms with Crippen molar-refractivity contribution >= 4 is 32.7 Å². The van der Waals surface area contributed by atoms with Crippen LogP contribution in [0.1, 0.15) is 5.56 Å². The highest BCUT2D eigenvalue weighted by Gasteiger charge is 2.23. The Morgan fingerprint density at radius 3 is 2.50 bits per heavy atom. The molecule has 0 aliphatic rings. The van der Waals surface area contributed by atoms with E-state index in [0.717, 1.165) is 38.5 Å². The second-order valence-electron chi connectivity index (χ2n) is 8.05. The van der Waals surface area contributed by atoms with Crippen LogP contribution in [0.25, 0.3) is 38.4 Å². The van der Waals surface area contributed by atoms with E-state index in [4.69, 9.17) is 4.74 Å². The van der Waals surface area contributed by atoms with Gasteiger partial charge < -0.3 is 10.2 Å². The van der Waals surface area contributed by atoms with Crippen molar-refractivity contribution in [2.45, 2.75) is 6.54 Å². The summed E-state index contributed by atoms with van der Waals surface area (Å²) in [5, 5.41) is 6.40. The molecule has 3 aromatic carbocycles. The molecule has 0 aliphatic carbocycles. The third-order valence-electron chi connectivity index (χ3n) is 6.02. The van der Waals surface area contributed by atoms with Crippen molar-refractivity contribution in [3.63, 3.8) is 0 Å². The summed E-state index contributed by atoms with van der Waals surface area (Å²) in [5.74, 6) is 0.806. The van der Waals surface area contributed by atoms with Gasteiger partial charge in [0.1, 0.15) is 11.3 Å². The number of methoxy groups -OCH3 is 1. The third-order valence-corrected chi connectivity index (χ3v) is 6.02. The molecule has 3 aromatic heterocycles. The highest BCUT2D eigenvalue weighted by atomic mass is 16.5. The normalized spacial score (nSPS) is 11.1. The van der Waals surface area contributed by atoms with E-state index < -0.39 is 0 Å². The molecule has 0 radical (unpaired) electrons. The Kier molecular flexibility index (Phi) is 5.31. The SMILES string of the molecule is COc1ccc(C[n+]2cc3ccccc3c3[nH]n(-c4cnc5ccccc5c4)c(=O)c32)cc1.[OH-]. The first kappa shape index (κ1) is 21.4. The van der Waals surface area contributed by atoms with Gasteiger partial charge in [-0.05, 0) is 42.5 Å². The summed E-state index contributed by atoms with van der Waals surface area (Å²) in [6, 6.07) is 25.9. The molecule has 3 heterocycles. The lowest BCUT2D eigenvalue weighted by Gasteiger charge is -2.03. The maximum atomic E-state index is 13.7. The lowest BCUT2D eigenvalue weighted by molar-refractivity contribution is -0.661. The van der Waals surface area contributed by atoms with Crippen molar-refractivity contribution in [3.8, 4) is 11.4 Å². The number of ether oxygens (including phenoxy) is 1. The van der Waals surface area contributed by atoms with E-state index >= 15 is 0 Å². The molecule has 0 saturated heterocycles. The molecule has 168 valence electrons. The Balaban J connectivity index is 0.00000241. The van der Waals surface area contributed by atoms with Gasteiger partial charge in [-0.15, -0.1) is 0 Å². The molecule has 34 heavy (non-hydrogen) atoms. The van der Waals surface area contributed by atoms with Crippen molar-refractivity contribution in [2.24, 2.45) is 0 Å². The van der Waals surface area contributed by atoms with Crippen LogP contribution >= 0.6 is 0 Å². The quantitative estimate of drug-likeness (QED) is 0.408.